The Balaban J connectivity index is 2.01. The van der Waals surface area contributed by atoms with Crippen molar-refractivity contribution in [2.45, 2.75) is 51.2 Å². The molecule has 0 N–H and O–H groups in total. The first-order valence-corrected chi connectivity index (χ1v) is 6.97. The molecule has 3 rings (SSSR count). The summed E-state index contributed by atoms with van der Waals surface area (Å²) < 4.78 is 11.6. The maximum atomic E-state index is 5.79. The molecule has 0 aliphatic heterocycles. The quantitative estimate of drug-likeness (QED) is 0.551. The van der Waals surface area contributed by atoms with E-state index in [0.29, 0.717) is 0 Å². The smallest absolute Gasteiger partial charge is 0.170 e. The molecule has 0 aromatic heterocycles. The summed E-state index contributed by atoms with van der Waals surface area (Å²) in [5, 5.41) is 0. The van der Waals surface area contributed by atoms with Crippen molar-refractivity contribution in [3.05, 3.63) is 11.6 Å². The highest BCUT2D eigenvalue weighted by Gasteiger charge is 2.62. The van der Waals surface area contributed by atoms with E-state index in [4.69, 9.17) is 9.47 Å². The molecule has 0 heterocycles. The summed E-state index contributed by atoms with van der Waals surface area (Å²) in [5.74, 6) is 1.14. The van der Waals surface area contributed by atoms with E-state index in [0.717, 1.165) is 11.8 Å². The van der Waals surface area contributed by atoms with Gasteiger partial charge in [-0.15, -0.1) is 0 Å². The van der Waals surface area contributed by atoms with Crippen molar-refractivity contribution in [2.24, 2.45) is 17.3 Å². The van der Waals surface area contributed by atoms with Crippen LogP contribution in [0.15, 0.2) is 11.6 Å². The zero-order valence-electron chi connectivity index (χ0n) is 11.3. The lowest BCUT2D eigenvalue weighted by molar-refractivity contribution is -0.270. The maximum Gasteiger partial charge on any atom is 0.170 e. The molecule has 0 bridgehead atoms. The van der Waals surface area contributed by atoms with E-state index in [1.807, 2.05) is 0 Å². The van der Waals surface area contributed by atoms with Gasteiger partial charge < -0.3 is 9.47 Å². The molecule has 0 amide bonds. The third-order valence-electron chi connectivity index (χ3n) is 5.85. The Hall–Kier alpha value is -0.340. The van der Waals surface area contributed by atoms with Crippen molar-refractivity contribution in [1.82, 2.24) is 0 Å². The van der Waals surface area contributed by atoms with Crippen LogP contribution < -0.4 is 0 Å². The maximum absolute atomic E-state index is 5.79. The highest BCUT2D eigenvalue weighted by Crippen LogP contribution is 2.66. The Morgan fingerprint density at radius 3 is 2.76 bits per heavy atom. The number of ether oxygens (including phenoxy) is 2. The van der Waals surface area contributed by atoms with Gasteiger partial charge in [-0.05, 0) is 50.9 Å². The second-order valence-electron chi connectivity index (χ2n) is 6.14. The van der Waals surface area contributed by atoms with Gasteiger partial charge in [0, 0.05) is 19.6 Å². The van der Waals surface area contributed by atoms with Crippen molar-refractivity contribution in [2.75, 3.05) is 14.2 Å². The van der Waals surface area contributed by atoms with Crippen molar-refractivity contribution >= 4 is 0 Å². The third-order valence-corrected chi connectivity index (χ3v) is 5.85. The van der Waals surface area contributed by atoms with E-state index in [9.17, 15) is 0 Å². The second kappa shape index (κ2) is 3.83. The average Bonchev–Trinajstić information content (AvgIpc) is 2.98. The number of methoxy groups -OCH3 is 2. The van der Waals surface area contributed by atoms with Crippen molar-refractivity contribution < 1.29 is 9.47 Å². The van der Waals surface area contributed by atoms with Crippen LogP contribution in [-0.4, -0.2) is 20.0 Å². The Bertz CT molecular complexity index is 343. The molecule has 3 atom stereocenters. The van der Waals surface area contributed by atoms with Crippen LogP contribution in [-0.2, 0) is 9.47 Å². The van der Waals surface area contributed by atoms with Crippen LogP contribution >= 0.6 is 0 Å². The molecule has 1 unspecified atom stereocenters. The van der Waals surface area contributed by atoms with Gasteiger partial charge in [-0.2, -0.15) is 0 Å². The fourth-order valence-electron chi connectivity index (χ4n) is 4.89. The monoisotopic (exact) mass is 236 g/mol. The molecule has 0 aromatic rings. The number of fused-ring (bicyclic) bond motifs is 3. The largest absolute Gasteiger partial charge is 0.353 e. The molecular formula is C15H24O2. The molecular weight excluding hydrogens is 212 g/mol. The van der Waals surface area contributed by atoms with Crippen molar-refractivity contribution in [3.8, 4) is 0 Å². The summed E-state index contributed by atoms with van der Waals surface area (Å²) in [5.41, 5.74) is 1.98. The first-order chi connectivity index (χ1) is 8.17. The molecule has 0 radical (unpaired) electrons. The van der Waals surface area contributed by atoms with Gasteiger partial charge in [-0.3, -0.25) is 0 Å². The van der Waals surface area contributed by atoms with Gasteiger partial charge in [0.2, 0.25) is 0 Å². The normalized spacial score (nSPS) is 40.3. The zero-order valence-corrected chi connectivity index (χ0v) is 11.3. The van der Waals surface area contributed by atoms with Crippen LogP contribution in [0.5, 0.6) is 0 Å². The SMILES string of the molecule is COC(C)(OC)[C@@]12CCC[C@@H]1C1=CCCC1C2. The molecule has 2 saturated carbocycles. The summed E-state index contributed by atoms with van der Waals surface area (Å²) in [6.45, 7) is 2.15. The number of allylic oxidation sites excluding steroid dienone is 2. The molecule has 0 spiro atoms. The van der Waals surface area contributed by atoms with E-state index >= 15 is 0 Å². The molecule has 3 aliphatic rings. The van der Waals surface area contributed by atoms with E-state index < -0.39 is 5.79 Å². The van der Waals surface area contributed by atoms with Crippen LogP contribution in [0.2, 0.25) is 0 Å². The van der Waals surface area contributed by atoms with Crippen LogP contribution in [0, 0.1) is 17.3 Å². The first-order valence-electron chi connectivity index (χ1n) is 6.97. The molecule has 17 heavy (non-hydrogen) atoms. The molecule has 96 valence electrons. The third kappa shape index (κ3) is 1.34. The van der Waals surface area contributed by atoms with Gasteiger partial charge in [-0.1, -0.05) is 18.1 Å². The van der Waals surface area contributed by atoms with E-state index in [1.54, 1.807) is 19.8 Å². The van der Waals surface area contributed by atoms with Crippen LogP contribution in [0.4, 0.5) is 0 Å². The lowest BCUT2D eigenvalue weighted by atomic mass is 9.72. The van der Waals surface area contributed by atoms with Crippen molar-refractivity contribution in [1.29, 1.82) is 0 Å². The van der Waals surface area contributed by atoms with E-state index in [-0.39, 0.29) is 5.41 Å². The fraction of sp³-hybridized carbons (Fsp3) is 0.867. The molecule has 2 heteroatoms. The van der Waals surface area contributed by atoms with Gasteiger partial charge in [0.25, 0.3) is 0 Å². The summed E-state index contributed by atoms with van der Waals surface area (Å²) in [6.07, 6.45) is 10.4. The van der Waals surface area contributed by atoms with Gasteiger partial charge in [-0.25, -0.2) is 0 Å². The summed E-state index contributed by atoms with van der Waals surface area (Å²) in [6, 6.07) is 0. The molecule has 2 fully saturated rings. The fourth-order valence-corrected chi connectivity index (χ4v) is 4.89. The van der Waals surface area contributed by atoms with E-state index in [1.165, 1.54) is 38.5 Å². The number of hydrogen-bond acceptors (Lipinski definition) is 2. The lowest BCUT2D eigenvalue weighted by Gasteiger charge is -2.45. The standard InChI is InChI=1S/C15H24O2/c1-14(16-2,17-3)15-9-5-8-13(15)12-7-4-6-11(12)10-15/h7,11,13H,4-6,8-10H2,1-3H3/t11?,13-,15-/m1/s1. The minimum Gasteiger partial charge on any atom is -0.353 e. The average molecular weight is 236 g/mol. The van der Waals surface area contributed by atoms with Crippen LogP contribution in [0.3, 0.4) is 0 Å². The van der Waals surface area contributed by atoms with Crippen LogP contribution in [0.25, 0.3) is 0 Å². The lowest BCUT2D eigenvalue weighted by Crippen LogP contribution is -2.49. The molecule has 0 saturated heterocycles. The molecule has 2 nitrogen and oxygen atoms in total. The van der Waals surface area contributed by atoms with Crippen molar-refractivity contribution in [3.63, 3.8) is 0 Å². The summed E-state index contributed by atoms with van der Waals surface area (Å²) in [7, 11) is 3.60. The Morgan fingerprint density at radius 2 is 2.06 bits per heavy atom. The zero-order chi connectivity index (χ0) is 12.1. The second-order valence-corrected chi connectivity index (χ2v) is 6.14. The highest BCUT2D eigenvalue weighted by molar-refractivity contribution is 5.29. The first kappa shape index (κ1) is 11.7. The van der Waals surface area contributed by atoms with Gasteiger partial charge >= 0.3 is 0 Å². The van der Waals surface area contributed by atoms with Gasteiger partial charge in [0.05, 0.1) is 0 Å². The Labute approximate surface area is 104 Å². The summed E-state index contributed by atoms with van der Waals surface area (Å²) >= 11 is 0. The topological polar surface area (TPSA) is 18.5 Å². The summed E-state index contributed by atoms with van der Waals surface area (Å²) in [4.78, 5) is 0. The van der Waals surface area contributed by atoms with E-state index in [2.05, 4.69) is 13.0 Å². The molecule has 0 aromatic carbocycles. The number of hydrogen-bond donors (Lipinski definition) is 0. The Kier molecular flexibility index (Phi) is 2.64. The predicted molar refractivity (Wildman–Crippen MR) is 67.6 cm³/mol. The predicted octanol–water partition coefficient (Wildman–Crippen LogP) is 3.52. The van der Waals surface area contributed by atoms with Gasteiger partial charge in [0.15, 0.2) is 5.79 Å². The Morgan fingerprint density at radius 1 is 1.29 bits per heavy atom. The highest BCUT2D eigenvalue weighted by atomic mass is 16.7. The minimum absolute atomic E-state index is 0.243. The minimum atomic E-state index is -0.403. The van der Waals surface area contributed by atoms with Crippen LogP contribution in [0.1, 0.15) is 45.4 Å². The number of rotatable bonds is 3. The van der Waals surface area contributed by atoms with Gasteiger partial charge in [0.1, 0.15) is 0 Å². The molecule has 3 aliphatic carbocycles.